The minimum atomic E-state index is -4.77. The van der Waals surface area contributed by atoms with Crippen LogP contribution in [0.25, 0.3) is 16.9 Å². The molecule has 0 spiro atoms. The summed E-state index contributed by atoms with van der Waals surface area (Å²) >= 11 is 7.15. The molecule has 0 bridgehead atoms. The number of amides is 1. The van der Waals surface area contributed by atoms with Gasteiger partial charge in [-0.2, -0.15) is 0 Å². The fourth-order valence-corrected chi connectivity index (χ4v) is 4.17. The number of hydrogen-bond donors (Lipinski definition) is 1. The summed E-state index contributed by atoms with van der Waals surface area (Å²) in [4.78, 5) is 16.9. The first-order valence-electron chi connectivity index (χ1n) is 9.96. The molecule has 0 unspecified atom stereocenters. The Balaban J connectivity index is 1.59. The highest BCUT2D eigenvalue weighted by molar-refractivity contribution is 7.99. The first-order chi connectivity index (χ1) is 16.3. The number of ether oxygens (including phenoxy) is 1. The largest absolute Gasteiger partial charge is 0.573 e. The number of halogens is 4. The SMILES string of the molecule is O=C(CSc1ncc(-c2ccccc2)n1-c1ccc(OC(F)(F)F)cc1)Nc1cccc(Cl)c1. The number of anilines is 1. The smallest absolute Gasteiger partial charge is 0.406 e. The molecule has 0 fully saturated rings. The zero-order chi connectivity index (χ0) is 24.1. The van der Waals surface area contributed by atoms with Crippen molar-refractivity contribution < 1.29 is 22.7 Å². The van der Waals surface area contributed by atoms with Gasteiger partial charge in [0.05, 0.1) is 17.6 Å². The molecule has 0 atom stereocenters. The molecule has 1 aromatic heterocycles. The molecule has 34 heavy (non-hydrogen) atoms. The molecule has 10 heteroatoms. The number of nitrogens with zero attached hydrogens (tertiary/aromatic N) is 2. The number of carbonyl (C=O) groups excluding carboxylic acids is 1. The van der Waals surface area contributed by atoms with E-state index in [0.717, 1.165) is 11.3 Å². The number of hydrogen-bond acceptors (Lipinski definition) is 4. The van der Waals surface area contributed by atoms with Crippen LogP contribution in [0.1, 0.15) is 0 Å². The van der Waals surface area contributed by atoms with E-state index < -0.39 is 6.36 Å². The van der Waals surface area contributed by atoms with Gasteiger partial charge in [0.1, 0.15) is 5.75 Å². The second-order valence-electron chi connectivity index (χ2n) is 7.02. The highest BCUT2D eigenvalue weighted by Gasteiger charge is 2.31. The molecule has 1 amide bonds. The normalized spacial score (nSPS) is 11.3. The molecule has 0 aliphatic heterocycles. The van der Waals surface area contributed by atoms with Gasteiger partial charge in [0.25, 0.3) is 0 Å². The van der Waals surface area contributed by atoms with E-state index in [1.165, 1.54) is 36.0 Å². The molecule has 4 rings (SSSR count). The van der Waals surface area contributed by atoms with Gasteiger partial charge >= 0.3 is 6.36 Å². The van der Waals surface area contributed by atoms with Crippen molar-refractivity contribution >= 4 is 35.0 Å². The van der Waals surface area contributed by atoms with E-state index in [9.17, 15) is 18.0 Å². The minimum Gasteiger partial charge on any atom is -0.406 e. The molecule has 174 valence electrons. The van der Waals surface area contributed by atoms with Gasteiger partial charge in [0, 0.05) is 22.0 Å². The van der Waals surface area contributed by atoms with Crippen LogP contribution in [0.3, 0.4) is 0 Å². The zero-order valence-corrected chi connectivity index (χ0v) is 19.0. The number of aromatic nitrogens is 2. The minimum absolute atomic E-state index is 0.0625. The van der Waals surface area contributed by atoms with E-state index in [1.54, 1.807) is 35.0 Å². The molecule has 0 aliphatic carbocycles. The average Bonchev–Trinajstić information content (AvgIpc) is 3.22. The van der Waals surface area contributed by atoms with Crippen molar-refractivity contribution in [1.82, 2.24) is 9.55 Å². The maximum Gasteiger partial charge on any atom is 0.573 e. The van der Waals surface area contributed by atoms with Crippen LogP contribution in [-0.4, -0.2) is 27.6 Å². The van der Waals surface area contributed by atoms with E-state index in [0.29, 0.717) is 21.6 Å². The molecule has 5 nitrogen and oxygen atoms in total. The standard InChI is InChI=1S/C24H17ClF3N3O2S/c25-17-7-4-8-18(13-17)30-22(32)15-34-23-29-14-21(16-5-2-1-3-6-16)31(23)19-9-11-20(12-10-19)33-24(26,27)28/h1-14H,15H2,(H,30,32). The third-order valence-corrected chi connectivity index (χ3v) is 5.76. The van der Waals surface area contributed by atoms with Gasteiger partial charge in [-0.3, -0.25) is 9.36 Å². The van der Waals surface area contributed by atoms with Crippen LogP contribution in [0.2, 0.25) is 5.02 Å². The molecule has 0 saturated carbocycles. The van der Waals surface area contributed by atoms with Crippen molar-refractivity contribution in [3.05, 3.63) is 90.1 Å². The predicted octanol–water partition coefficient (Wildman–Crippen LogP) is 6.82. The second kappa shape index (κ2) is 10.2. The Hall–Kier alpha value is -3.43. The third-order valence-electron chi connectivity index (χ3n) is 4.57. The Morgan fingerprint density at radius 3 is 2.44 bits per heavy atom. The lowest BCUT2D eigenvalue weighted by atomic mass is 10.1. The molecule has 1 N–H and O–H groups in total. The van der Waals surface area contributed by atoms with Crippen LogP contribution in [0.4, 0.5) is 18.9 Å². The van der Waals surface area contributed by atoms with Crippen molar-refractivity contribution in [3.63, 3.8) is 0 Å². The summed E-state index contributed by atoms with van der Waals surface area (Å²) in [7, 11) is 0. The summed E-state index contributed by atoms with van der Waals surface area (Å²) in [5.74, 6) is -0.516. The molecular formula is C24H17ClF3N3O2S. The van der Waals surface area contributed by atoms with Crippen LogP contribution < -0.4 is 10.1 Å². The number of benzene rings is 3. The first-order valence-corrected chi connectivity index (χ1v) is 11.3. The van der Waals surface area contributed by atoms with Crippen LogP contribution in [0.15, 0.2) is 90.2 Å². The van der Waals surface area contributed by atoms with E-state index in [4.69, 9.17) is 11.6 Å². The quantitative estimate of drug-likeness (QED) is 0.281. The highest BCUT2D eigenvalue weighted by atomic mass is 35.5. The fourth-order valence-electron chi connectivity index (χ4n) is 3.19. The van der Waals surface area contributed by atoms with Crippen molar-refractivity contribution in [1.29, 1.82) is 0 Å². The van der Waals surface area contributed by atoms with Crippen LogP contribution in [0.5, 0.6) is 5.75 Å². The maximum absolute atomic E-state index is 12.5. The topological polar surface area (TPSA) is 56.2 Å². The molecule has 0 aliphatic rings. The molecule has 0 saturated heterocycles. The van der Waals surface area contributed by atoms with Gasteiger partial charge in [-0.25, -0.2) is 4.98 Å². The summed E-state index contributed by atoms with van der Waals surface area (Å²) < 4.78 is 43.4. The first kappa shape index (κ1) is 23.7. The molecule has 4 aromatic rings. The molecule has 0 radical (unpaired) electrons. The van der Waals surface area contributed by atoms with Gasteiger partial charge in [0.15, 0.2) is 5.16 Å². The predicted molar refractivity (Wildman–Crippen MR) is 126 cm³/mol. The van der Waals surface area contributed by atoms with Gasteiger partial charge in [-0.05, 0) is 42.5 Å². The summed E-state index contributed by atoms with van der Waals surface area (Å²) in [6, 6.07) is 21.7. The summed E-state index contributed by atoms with van der Waals surface area (Å²) in [5, 5.41) is 3.79. The van der Waals surface area contributed by atoms with E-state index in [2.05, 4.69) is 15.0 Å². The lowest BCUT2D eigenvalue weighted by molar-refractivity contribution is -0.274. The number of thioether (sulfide) groups is 1. The number of rotatable bonds is 7. The van der Waals surface area contributed by atoms with E-state index in [1.807, 2.05) is 30.3 Å². The number of carbonyl (C=O) groups is 1. The summed E-state index contributed by atoms with van der Waals surface area (Å²) in [6.07, 6.45) is -3.12. The molecule has 3 aromatic carbocycles. The Bertz CT molecular complexity index is 1280. The Labute approximate surface area is 202 Å². The van der Waals surface area contributed by atoms with Crippen LogP contribution >= 0.6 is 23.4 Å². The van der Waals surface area contributed by atoms with Gasteiger partial charge in [-0.15, -0.1) is 13.2 Å². The van der Waals surface area contributed by atoms with Crippen molar-refractivity contribution in [2.75, 3.05) is 11.1 Å². The Kier molecular flexibility index (Phi) is 7.14. The van der Waals surface area contributed by atoms with Crippen LogP contribution in [0, 0.1) is 0 Å². The van der Waals surface area contributed by atoms with Gasteiger partial charge < -0.3 is 10.1 Å². The lowest BCUT2D eigenvalue weighted by Crippen LogP contribution is -2.17. The van der Waals surface area contributed by atoms with Crippen LogP contribution in [-0.2, 0) is 4.79 Å². The Morgan fingerprint density at radius 1 is 1.03 bits per heavy atom. The fraction of sp³-hybridized carbons (Fsp3) is 0.0833. The molecular weight excluding hydrogens is 487 g/mol. The van der Waals surface area contributed by atoms with Crippen molar-refractivity contribution in [3.8, 4) is 22.7 Å². The highest BCUT2D eigenvalue weighted by Crippen LogP contribution is 2.31. The van der Waals surface area contributed by atoms with Crippen molar-refractivity contribution in [2.24, 2.45) is 0 Å². The second-order valence-corrected chi connectivity index (χ2v) is 8.40. The number of imidazole rings is 1. The van der Waals surface area contributed by atoms with E-state index in [-0.39, 0.29) is 17.4 Å². The maximum atomic E-state index is 12.5. The summed E-state index contributed by atoms with van der Waals surface area (Å²) in [6.45, 7) is 0. The average molecular weight is 504 g/mol. The Morgan fingerprint density at radius 2 is 1.76 bits per heavy atom. The van der Waals surface area contributed by atoms with Gasteiger partial charge in [-0.1, -0.05) is 59.8 Å². The van der Waals surface area contributed by atoms with E-state index >= 15 is 0 Å². The summed E-state index contributed by atoms with van der Waals surface area (Å²) in [5.41, 5.74) is 2.74. The lowest BCUT2D eigenvalue weighted by Gasteiger charge is -2.14. The monoisotopic (exact) mass is 503 g/mol. The van der Waals surface area contributed by atoms with Gasteiger partial charge in [0.2, 0.25) is 5.91 Å². The number of nitrogens with one attached hydrogen (secondary N) is 1. The third kappa shape index (κ3) is 6.12. The zero-order valence-electron chi connectivity index (χ0n) is 17.4. The molecule has 1 heterocycles. The van der Waals surface area contributed by atoms with Crippen molar-refractivity contribution in [2.45, 2.75) is 11.5 Å². The number of alkyl halides is 3.